The Morgan fingerprint density at radius 2 is 1.83 bits per heavy atom. The summed E-state index contributed by atoms with van der Waals surface area (Å²) in [6, 6.07) is 7.43. The summed E-state index contributed by atoms with van der Waals surface area (Å²) in [5.74, 6) is -0.531. The topological polar surface area (TPSA) is 29.5 Å². The number of carbonyl (C=O) groups is 1. The number of hydrogen-bond acceptors (Lipinski definition) is 2. The minimum atomic E-state index is -2.15. The molecule has 7 heteroatoms. The van der Waals surface area contributed by atoms with Crippen molar-refractivity contribution in [2.75, 3.05) is 6.67 Å². The van der Waals surface area contributed by atoms with E-state index < -0.39 is 53.7 Å². The average Bonchev–Trinajstić information content (AvgIpc) is 2.76. The maximum atomic E-state index is 13.8. The molecule has 1 aliphatic heterocycles. The Bertz CT molecular complexity index is 602. The van der Waals surface area contributed by atoms with Gasteiger partial charge in [-0.1, -0.05) is 0 Å². The molecule has 2 rings (SSSR count). The Labute approximate surface area is 157 Å². The summed E-state index contributed by atoms with van der Waals surface area (Å²) < 4.78 is 21.2. The molecule has 1 aromatic rings. The van der Waals surface area contributed by atoms with Crippen molar-refractivity contribution in [1.29, 1.82) is 0 Å². The molecule has 0 spiro atoms. The van der Waals surface area contributed by atoms with Gasteiger partial charge in [0.1, 0.15) is 0 Å². The molecule has 0 bridgehead atoms. The van der Waals surface area contributed by atoms with Crippen LogP contribution in [0.4, 0.5) is 4.39 Å². The number of carbonyl (C=O) groups excluding carboxylic acids is 1. The minimum absolute atomic E-state index is 0.531. The van der Waals surface area contributed by atoms with E-state index in [9.17, 15) is 9.18 Å². The van der Waals surface area contributed by atoms with Gasteiger partial charge in [0.15, 0.2) is 0 Å². The fourth-order valence-corrected chi connectivity index (χ4v) is 6.67. The molecule has 1 heterocycles. The summed E-state index contributed by atoms with van der Waals surface area (Å²) in [4.78, 5) is 19.4. The van der Waals surface area contributed by atoms with Crippen molar-refractivity contribution in [3.05, 3.63) is 29.8 Å². The van der Waals surface area contributed by atoms with E-state index in [4.69, 9.17) is 27.9 Å². The van der Waals surface area contributed by atoms with E-state index in [2.05, 4.69) is 27.0 Å². The van der Waals surface area contributed by atoms with Gasteiger partial charge in [-0.25, -0.2) is 0 Å². The van der Waals surface area contributed by atoms with Crippen LogP contribution < -0.4 is 3.58 Å². The first-order valence-corrected chi connectivity index (χ1v) is 18.8. The number of benzene rings is 1. The molecule has 0 N–H and O–H groups in total. The van der Waals surface area contributed by atoms with Crippen molar-refractivity contribution in [3.63, 3.8) is 0 Å². The van der Waals surface area contributed by atoms with Gasteiger partial charge < -0.3 is 0 Å². The van der Waals surface area contributed by atoms with E-state index in [-0.39, 0.29) is 0 Å². The molecule has 24 heavy (non-hydrogen) atoms. The van der Waals surface area contributed by atoms with Crippen LogP contribution in [0.5, 0.6) is 0 Å². The summed E-state index contributed by atoms with van der Waals surface area (Å²) >= 11 is 9.31. The molecule has 1 aliphatic rings. The van der Waals surface area contributed by atoms with Crippen molar-refractivity contribution < 1.29 is 13.9 Å². The van der Waals surface area contributed by atoms with Gasteiger partial charge in [-0.15, -0.1) is 0 Å². The maximum absolute atomic E-state index is 13.8. The third kappa shape index (κ3) is 4.02. The van der Waals surface area contributed by atoms with Gasteiger partial charge in [0.05, 0.1) is 0 Å². The Balaban J connectivity index is 2.35. The van der Waals surface area contributed by atoms with Crippen LogP contribution in [-0.2, 0) is 9.53 Å². The van der Waals surface area contributed by atoms with Gasteiger partial charge >= 0.3 is 158 Å². The summed E-state index contributed by atoms with van der Waals surface area (Å²) in [5, 5.41) is 0. The van der Waals surface area contributed by atoms with Crippen molar-refractivity contribution in [2.24, 2.45) is 0 Å². The second-order valence-electron chi connectivity index (χ2n) is 7.59. The number of rotatable bonds is 4. The van der Waals surface area contributed by atoms with Crippen molar-refractivity contribution in [1.82, 2.24) is 4.90 Å². The molecule has 1 amide bonds. The van der Waals surface area contributed by atoms with Crippen LogP contribution in [0.2, 0.25) is 14.8 Å². The van der Waals surface area contributed by atoms with Crippen LogP contribution in [0.25, 0.3) is 0 Å². The van der Waals surface area contributed by atoms with Gasteiger partial charge in [0.2, 0.25) is 0 Å². The first-order valence-electron chi connectivity index (χ1n) is 7.94. The second-order valence-corrected chi connectivity index (χ2v) is 23.2. The monoisotopic (exact) mass is 483 g/mol. The number of alkyl halides is 3. The summed E-state index contributed by atoms with van der Waals surface area (Å²) in [5.41, 5.74) is -0.108. The predicted octanol–water partition coefficient (Wildman–Crippen LogP) is 4.01. The molecule has 0 saturated carbocycles. The van der Waals surface area contributed by atoms with Gasteiger partial charge in [-0.05, 0) is 0 Å². The molecule has 0 radical (unpaired) electrons. The third-order valence-electron chi connectivity index (χ3n) is 4.36. The van der Waals surface area contributed by atoms with E-state index in [0.29, 0.717) is 0 Å². The van der Waals surface area contributed by atoms with E-state index in [1.165, 1.54) is 8.48 Å². The first kappa shape index (κ1) is 20.3. The zero-order valence-electron chi connectivity index (χ0n) is 14.6. The zero-order chi connectivity index (χ0) is 18.3. The van der Waals surface area contributed by atoms with Crippen molar-refractivity contribution >= 4 is 51.1 Å². The van der Waals surface area contributed by atoms with Gasteiger partial charge in [0, 0.05) is 0 Å². The normalized spacial score (nSPS) is 23.8. The van der Waals surface area contributed by atoms with Crippen LogP contribution in [0.3, 0.4) is 0 Å². The summed E-state index contributed by atoms with van der Waals surface area (Å²) in [6.45, 7) is 2.73. The number of nitrogens with zero attached hydrogens (tertiary/aromatic N) is 1. The molecule has 0 unspecified atom stereocenters. The van der Waals surface area contributed by atoms with E-state index in [1.807, 2.05) is 12.1 Å². The molecule has 1 fully saturated rings. The van der Waals surface area contributed by atoms with Gasteiger partial charge in [0.25, 0.3) is 0 Å². The molecular weight excluding hydrogens is 459 g/mol. The fourth-order valence-electron chi connectivity index (χ4n) is 3.13. The molecule has 1 aromatic carbocycles. The Hall–Kier alpha value is -0.0413. The molecular formula is C17H24Cl2FNO2Sn. The number of amides is 1. The Kier molecular flexibility index (Phi) is 6.16. The standard InChI is InChI=1S/C14H15Cl2FNO2.3CH3.Sn/c1-14(2)18(13(19)12(15)16)10(8-17)11(20-14)9-6-4-3-5-7-9;;;;/h4-7,10-12H,8H2,1-2H3;3*1H3;/t10-,11-;;;;/m1..../s1. The average molecular weight is 483 g/mol. The van der Waals surface area contributed by atoms with Crippen LogP contribution in [0.1, 0.15) is 25.5 Å². The first-order chi connectivity index (χ1) is 11.0. The Morgan fingerprint density at radius 1 is 1.29 bits per heavy atom. The zero-order valence-corrected chi connectivity index (χ0v) is 19.0. The SMILES string of the molecule is CC1(C)O[C@H](c2cc[c]([Sn]([CH3])([CH3])[CH3])cc2)[C@@H](CF)N1C(=O)C(Cl)Cl. The number of ether oxygens (including phenoxy) is 1. The summed E-state index contributed by atoms with van der Waals surface area (Å²) in [7, 11) is 0. The van der Waals surface area contributed by atoms with Crippen LogP contribution in [-0.4, -0.2) is 52.5 Å². The number of hydrogen-bond donors (Lipinski definition) is 0. The quantitative estimate of drug-likeness (QED) is 0.479. The van der Waals surface area contributed by atoms with E-state index >= 15 is 0 Å². The number of halogens is 3. The van der Waals surface area contributed by atoms with Crippen molar-refractivity contribution in [3.8, 4) is 0 Å². The molecule has 0 aliphatic carbocycles. The van der Waals surface area contributed by atoms with Crippen molar-refractivity contribution in [2.45, 2.75) is 51.4 Å². The molecule has 0 aromatic heterocycles. The molecule has 3 nitrogen and oxygen atoms in total. The Morgan fingerprint density at radius 3 is 2.25 bits per heavy atom. The van der Waals surface area contributed by atoms with Crippen LogP contribution >= 0.6 is 23.2 Å². The predicted molar refractivity (Wildman–Crippen MR) is 99.4 cm³/mol. The third-order valence-corrected chi connectivity index (χ3v) is 10.6. The fraction of sp³-hybridized carbons (Fsp3) is 0.588. The second kappa shape index (κ2) is 7.29. The molecule has 134 valence electrons. The summed E-state index contributed by atoms with van der Waals surface area (Å²) in [6.07, 6.45) is -0.537. The molecule has 2 atom stereocenters. The van der Waals surface area contributed by atoms with Crippen LogP contribution in [0.15, 0.2) is 24.3 Å². The van der Waals surface area contributed by atoms with Gasteiger partial charge in [-0.3, -0.25) is 0 Å². The van der Waals surface area contributed by atoms with Crippen LogP contribution in [0, 0.1) is 0 Å². The van der Waals surface area contributed by atoms with Gasteiger partial charge in [-0.2, -0.15) is 0 Å². The van der Waals surface area contributed by atoms with E-state index in [1.54, 1.807) is 13.8 Å². The van der Waals surface area contributed by atoms with E-state index in [0.717, 1.165) is 5.56 Å². The molecule has 1 saturated heterocycles.